The van der Waals surface area contributed by atoms with E-state index in [1.54, 1.807) is 6.92 Å². The van der Waals surface area contributed by atoms with Gasteiger partial charge in [-0.25, -0.2) is 0 Å². The molecule has 0 unspecified atom stereocenters. The number of carbonyl (C=O) groups excluding carboxylic acids is 3. The van der Waals surface area contributed by atoms with Crippen LogP contribution < -0.4 is 21.5 Å². The van der Waals surface area contributed by atoms with Crippen LogP contribution in [0.3, 0.4) is 0 Å². The molecule has 0 saturated carbocycles. The van der Waals surface area contributed by atoms with Crippen LogP contribution in [0.25, 0.3) is 0 Å². The molecule has 2 aromatic rings. The molecule has 166 valence electrons. The number of hydrogen-bond donors (Lipinski definition) is 4. The Hall–Kier alpha value is -4.46. The lowest BCUT2D eigenvalue weighted by Crippen LogP contribution is -2.48. The van der Waals surface area contributed by atoms with E-state index < -0.39 is 33.0 Å². The van der Waals surface area contributed by atoms with E-state index in [2.05, 4.69) is 21.5 Å². The minimum atomic E-state index is -0.959. The van der Waals surface area contributed by atoms with Gasteiger partial charge in [0.2, 0.25) is 5.91 Å². The summed E-state index contributed by atoms with van der Waals surface area (Å²) in [6, 6.07) is 8.37. The van der Waals surface area contributed by atoms with Crippen molar-refractivity contribution in [1.82, 2.24) is 16.2 Å². The van der Waals surface area contributed by atoms with Crippen LogP contribution in [0.15, 0.2) is 42.5 Å². The molecule has 0 aliphatic rings. The zero-order chi connectivity index (χ0) is 23.8. The van der Waals surface area contributed by atoms with Crippen molar-refractivity contribution in [2.24, 2.45) is 0 Å². The molecule has 0 spiro atoms. The van der Waals surface area contributed by atoms with Gasteiger partial charge in [-0.3, -0.25) is 50.8 Å². The topological polar surface area (TPSA) is 186 Å². The predicted octanol–water partition coefficient (Wildman–Crippen LogP) is 1.80. The van der Waals surface area contributed by atoms with E-state index in [1.807, 2.05) is 0 Å². The maximum absolute atomic E-state index is 12.2. The smallest absolute Gasteiger partial charge is 0.277 e. The van der Waals surface area contributed by atoms with E-state index >= 15 is 0 Å². The Morgan fingerprint density at radius 1 is 0.875 bits per heavy atom. The molecule has 0 aliphatic heterocycles. The largest absolute Gasteiger partial charge is 0.326 e. The second kappa shape index (κ2) is 10.5. The summed E-state index contributed by atoms with van der Waals surface area (Å²) in [7, 11) is 0. The fourth-order valence-corrected chi connectivity index (χ4v) is 2.43. The molecule has 2 aromatic carbocycles. The first-order valence-electron chi connectivity index (χ1n) is 8.86. The Morgan fingerprint density at radius 2 is 1.44 bits per heavy atom. The maximum Gasteiger partial charge on any atom is 0.277 e. The molecule has 0 radical (unpaired) electrons. The highest BCUT2D eigenvalue weighted by Gasteiger charge is 2.20. The number of non-ortho nitro benzene ring substituents is 2. The Bertz CT molecular complexity index is 1070. The molecule has 0 saturated heterocycles. The summed E-state index contributed by atoms with van der Waals surface area (Å²) in [6.07, 6.45) is 0.305. The summed E-state index contributed by atoms with van der Waals surface area (Å²) in [6.45, 7) is 1.70. The number of benzene rings is 2. The Balaban J connectivity index is 1.97. The highest BCUT2D eigenvalue weighted by Crippen LogP contribution is 2.22. The Kier molecular flexibility index (Phi) is 7.84. The number of amides is 3. The van der Waals surface area contributed by atoms with Crippen LogP contribution >= 0.6 is 12.2 Å². The molecule has 13 nitrogen and oxygen atoms in total. The van der Waals surface area contributed by atoms with Crippen molar-refractivity contribution >= 4 is 52.1 Å². The summed E-state index contributed by atoms with van der Waals surface area (Å²) in [4.78, 5) is 55.8. The van der Waals surface area contributed by atoms with Gasteiger partial charge in [-0.1, -0.05) is 6.92 Å². The number of carbonyl (C=O) groups is 3. The molecule has 14 heteroatoms. The third kappa shape index (κ3) is 6.53. The molecular formula is C18H16N6O7S. The Labute approximate surface area is 185 Å². The van der Waals surface area contributed by atoms with Gasteiger partial charge < -0.3 is 5.32 Å². The highest BCUT2D eigenvalue weighted by molar-refractivity contribution is 7.80. The molecule has 4 N–H and O–H groups in total. The number of rotatable bonds is 6. The van der Waals surface area contributed by atoms with E-state index in [0.717, 1.165) is 12.1 Å². The molecule has 0 atom stereocenters. The molecule has 0 bridgehead atoms. The van der Waals surface area contributed by atoms with Gasteiger partial charge in [0, 0.05) is 29.8 Å². The van der Waals surface area contributed by atoms with E-state index in [4.69, 9.17) is 12.2 Å². The second-order valence-electron chi connectivity index (χ2n) is 6.09. The molecule has 0 aromatic heterocycles. The van der Waals surface area contributed by atoms with Crippen molar-refractivity contribution in [2.75, 3.05) is 5.32 Å². The standard InChI is InChI=1S/C18H16N6O7S/c1-2-15(25)19-12-5-3-10(4-6-12)17(27)21-22-18(32)20-16(26)11-7-13(23(28)29)9-14(8-11)24(30)31/h3-9H,2H2,1H3,(H,19,25)(H,21,27)(H2,20,22,26,32). The zero-order valence-electron chi connectivity index (χ0n) is 16.4. The summed E-state index contributed by atoms with van der Waals surface area (Å²) in [5.74, 6) is -1.75. The molecular weight excluding hydrogens is 444 g/mol. The number of hydrogen-bond acceptors (Lipinski definition) is 8. The maximum atomic E-state index is 12.2. The van der Waals surface area contributed by atoms with E-state index in [-0.39, 0.29) is 22.1 Å². The van der Waals surface area contributed by atoms with Crippen molar-refractivity contribution in [2.45, 2.75) is 13.3 Å². The van der Waals surface area contributed by atoms with E-state index in [0.29, 0.717) is 18.2 Å². The molecule has 0 fully saturated rings. The fourth-order valence-electron chi connectivity index (χ4n) is 2.28. The number of hydrazine groups is 1. The fraction of sp³-hybridized carbons (Fsp3) is 0.111. The first kappa shape index (κ1) is 23.8. The SMILES string of the molecule is CCC(=O)Nc1ccc(C(=O)NNC(=S)NC(=O)c2cc([N+](=O)[O-])cc([N+](=O)[O-])c2)cc1. The van der Waals surface area contributed by atoms with Crippen molar-refractivity contribution in [3.05, 3.63) is 73.8 Å². The van der Waals surface area contributed by atoms with Gasteiger partial charge in [-0.15, -0.1) is 0 Å². The number of nitrogens with zero attached hydrogens (tertiary/aromatic N) is 2. The first-order valence-corrected chi connectivity index (χ1v) is 9.27. The lowest BCUT2D eigenvalue weighted by Gasteiger charge is -2.11. The number of nitrogens with one attached hydrogen (secondary N) is 4. The van der Waals surface area contributed by atoms with Crippen molar-refractivity contribution in [3.8, 4) is 0 Å². The quantitative estimate of drug-likeness (QED) is 0.283. The van der Waals surface area contributed by atoms with Crippen LogP contribution in [0.4, 0.5) is 17.1 Å². The molecule has 3 amide bonds. The monoisotopic (exact) mass is 460 g/mol. The zero-order valence-corrected chi connectivity index (χ0v) is 17.2. The van der Waals surface area contributed by atoms with Crippen molar-refractivity contribution < 1.29 is 24.2 Å². The normalized spacial score (nSPS) is 9.91. The second-order valence-corrected chi connectivity index (χ2v) is 6.50. The van der Waals surface area contributed by atoms with Crippen LogP contribution in [-0.4, -0.2) is 32.7 Å². The van der Waals surface area contributed by atoms with Crippen LogP contribution in [0.5, 0.6) is 0 Å². The number of thiocarbonyl (C=S) groups is 1. The van der Waals surface area contributed by atoms with Gasteiger partial charge >= 0.3 is 0 Å². The molecule has 0 aliphatic carbocycles. The third-order valence-corrected chi connectivity index (χ3v) is 4.06. The van der Waals surface area contributed by atoms with E-state index in [1.165, 1.54) is 24.3 Å². The van der Waals surface area contributed by atoms with Gasteiger partial charge in [0.15, 0.2) is 5.11 Å². The minimum absolute atomic E-state index is 0.181. The number of nitro groups is 2. The van der Waals surface area contributed by atoms with Gasteiger partial charge in [-0.05, 0) is 36.5 Å². The van der Waals surface area contributed by atoms with Crippen molar-refractivity contribution in [1.29, 1.82) is 0 Å². The summed E-state index contributed by atoms with van der Waals surface area (Å²) in [5.41, 5.74) is 3.58. The summed E-state index contributed by atoms with van der Waals surface area (Å²) in [5, 5.41) is 26.3. The minimum Gasteiger partial charge on any atom is -0.326 e. The first-order chi connectivity index (χ1) is 15.1. The van der Waals surface area contributed by atoms with Crippen molar-refractivity contribution in [3.63, 3.8) is 0 Å². The summed E-state index contributed by atoms with van der Waals surface area (Å²) < 4.78 is 0. The average Bonchev–Trinajstić information content (AvgIpc) is 2.77. The number of anilines is 1. The number of nitro benzene ring substituents is 2. The molecule has 2 rings (SSSR count). The average molecular weight is 460 g/mol. The van der Waals surface area contributed by atoms with Gasteiger partial charge in [0.05, 0.1) is 21.5 Å². The van der Waals surface area contributed by atoms with Gasteiger partial charge in [0.25, 0.3) is 23.2 Å². The van der Waals surface area contributed by atoms with Crippen LogP contribution in [0.2, 0.25) is 0 Å². The predicted molar refractivity (Wildman–Crippen MR) is 116 cm³/mol. The Morgan fingerprint density at radius 3 is 1.94 bits per heavy atom. The van der Waals surface area contributed by atoms with Gasteiger partial charge in [-0.2, -0.15) is 0 Å². The molecule has 0 heterocycles. The highest BCUT2D eigenvalue weighted by atomic mass is 32.1. The van der Waals surface area contributed by atoms with Crippen LogP contribution in [0, 0.1) is 20.2 Å². The third-order valence-electron chi connectivity index (χ3n) is 3.85. The van der Waals surface area contributed by atoms with Gasteiger partial charge in [0.1, 0.15) is 0 Å². The lowest BCUT2D eigenvalue weighted by molar-refractivity contribution is -0.394. The molecule has 32 heavy (non-hydrogen) atoms. The lowest BCUT2D eigenvalue weighted by atomic mass is 10.1. The van der Waals surface area contributed by atoms with E-state index in [9.17, 15) is 34.6 Å². The summed E-state index contributed by atoms with van der Waals surface area (Å²) >= 11 is 4.88. The van der Waals surface area contributed by atoms with Crippen LogP contribution in [-0.2, 0) is 4.79 Å². The van der Waals surface area contributed by atoms with Crippen LogP contribution in [0.1, 0.15) is 34.1 Å².